The first-order chi connectivity index (χ1) is 3.00. The summed E-state index contributed by atoms with van der Waals surface area (Å²) in [4.78, 5) is 0. The number of aliphatic hydroxyl groups is 1. The van der Waals surface area contributed by atoms with Crippen molar-refractivity contribution >= 4 is 10.4 Å². The molecule has 0 aromatic rings. The molecule has 0 saturated carbocycles. The molecular weight excluding hydrogens is 215 g/mol. The molecule has 0 unspecified atom stereocenters. The first kappa shape index (κ1) is 15.9. The van der Waals surface area contributed by atoms with E-state index in [9.17, 15) is 0 Å². The molecule has 48 valence electrons. The van der Waals surface area contributed by atoms with Crippen molar-refractivity contribution in [2.45, 2.75) is 0 Å². The van der Waals surface area contributed by atoms with E-state index in [1.807, 2.05) is 0 Å². The zero-order chi connectivity index (χ0) is 6.50. The average Bonchev–Trinajstić information content (AvgIpc) is 1.36. The van der Waals surface area contributed by atoms with Gasteiger partial charge in [-0.05, 0) is 0 Å². The summed E-state index contributed by atoms with van der Waals surface area (Å²) in [5.74, 6) is 0. The van der Waals surface area contributed by atoms with Gasteiger partial charge in [0.25, 0.3) is 0 Å². The van der Waals surface area contributed by atoms with E-state index in [0.29, 0.717) is 0 Å². The van der Waals surface area contributed by atoms with E-state index < -0.39 is 10.4 Å². The molecular formula is CH4O5SZr. The molecule has 0 aliphatic carbocycles. The maximum atomic E-state index is 8.52. The van der Waals surface area contributed by atoms with Crippen LogP contribution in [-0.4, -0.2) is 29.7 Å². The monoisotopic (exact) mass is 218 g/mol. The van der Waals surface area contributed by atoms with Gasteiger partial charge >= 0.3 is 26.2 Å². The Hall–Kier alpha value is 0.713. The van der Waals surface area contributed by atoms with Crippen LogP contribution >= 0.6 is 0 Å². The van der Waals surface area contributed by atoms with Crippen molar-refractivity contribution in [3.8, 4) is 0 Å². The molecule has 1 N–H and O–H groups in total. The summed E-state index contributed by atoms with van der Waals surface area (Å²) in [6, 6.07) is 0. The van der Waals surface area contributed by atoms with Gasteiger partial charge in [-0.15, -0.1) is 0 Å². The third-order valence-electron chi connectivity index (χ3n) is 0. The minimum absolute atomic E-state index is 0. The van der Waals surface area contributed by atoms with Gasteiger partial charge in [0.1, 0.15) is 0 Å². The minimum Gasteiger partial charge on any atom is -0.759 e. The summed E-state index contributed by atoms with van der Waals surface area (Å²) < 4.78 is 34.1. The Bertz CT molecular complexity index is 95.6. The van der Waals surface area contributed by atoms with Gasteiger partial charge in [-0.1, -0.05) is 0 Å². The molecule has 0 spiro atoms. The third-order valence-corrected chi connectivity index (χ3v) is 0. The number of rotatable bonds is 0. The number of hydrogen-bond donors (Lipinski definition) is 1. The number of hydrogen-bond acceptors (Lipinski definition) is 5. The molecule has 7 heteroatoms. The Morgan fingerprint density at radius 2 is 1.25 bits per heavy atom. The topological polar surface area (TPSA) is 100 Å². The van der Waals surface area contributed by atoms with Crippen molar-refractivity contribution in [2.24, 2.45) is 0 Å². The van der Waals surface area contributed by atoms with E-state index in [0.717, 1.165) is 7.11 Å². The van der Waals surface area contributed by atoms with E-state index in [1.54, 1.807) is 0 Å². The molecule has 0 atom stereocenters. The smallest absolute Gasteiger partial charge is 0.759 e. The van der Waals surface area contributed by atoms with Crippen LogP contribution in [-0.2, 0) is 36.6 Å². The molecule has 8 heavy (non-hydrogen) atoms. The van der Waals surface area contributed by atoms with Gasteiger partial charge in [0.2, 0.25) is 0 Å². The maximum Gasteiger partial charge on any atom is 2.00 e. The van der Waals surface area contributed by atoms with Crippen molar-refractivity contribution in [2.75, 3.05) is 7.11 Å². The Balaban J connectivity index is -0.0000000750. The van der Waals surface area contributed by atoms with Gasteiger partial charge in [-0.3, -0.25) is 8.42 Å². The molecule has 0 aromatic carbocycles. The van der Waals surface area contributed by atoms with Gasteiger partial charge in [0.05, 0.1) is 0 Å². The molecule has 5 nitrogen and oxygen atoms in total. The first-order valence-corrected chi connectivity index (χ1v) is 2.45. The Morgan fingerprint density at radius 3 is 1.25 bits per heavy atom. The fraction of sp³-hybridized carbons (Fsp3) is 1.00. The summed E-state index contributed by atoms with van der Waals surface area (Å²) in [7, 11) is -4.17. The molecule has 0 heterocycles. The molecule has 0 saturated heterocycles. The maximum absolute atomic E-state index is 8.52. The van der Waals surface area contributed by atoms with Crippen LogP contribution < -0.4 is 0 Å². The second-order valence-electron chi connectivity index (χ2n) is 0.408. The van der Waals surface area contributed by atoms with Crippen LogP contribution in [0.3, 0.4) is 0 Å². The van der Waals surface area contributed by atoms with Crippen molar-refractivity contribution < 1.29 is 48.8 Å². The summed E-state index contributed by atoms with van der Waals surface area (Å²) in [5, 5.41) is 7.00. The molecule has 0 aliphatic heterocycles. The second-order valence-corrected chi connectivity index (χ2v) is 1.22. The van der Waals surface area contributed by atoms with Gasteiger partial charge in [0.15, 0.2) is 0 Å². The van der Waals surface area contributed by atoms with E-state index in [1.165, 1.54) is 0 Å². The van der Waals surface area contributed by atoms with Crippen molar-refractivity contribution in [1.82, 2.24) is 0 Å². The zero-order valence-electron chi connectivity index (χ0n) is 3.99. The van der Waals surface area contributed by atoms with Gasteiger partial charge in [-0.25, -0.2) is 0 Å². The number of aliphatic hydroxyl groups excluding tert-OH is 1. The zero-order valence-corrected chi connectivity index (χ0v) is 7.26. The van der Waals surface area contributed by atoms with Crippen LogP contribution in [0.5, 0.6) is 0 Å². The molecule has 0 aromatic heterocycles. The minimum atomic E-state index is -5.17. The summed E-state index contributed by atoms with van der Waals surface area (Å²) in [5.41, 5.74) is 0. The Labute approximate surface area is 66.4 Å². The second kappa shape index (κ2) is 7.71. The van der Waals surface area contributed by atoms with Crippen LogP contribution in [0.2, 0.25) is 0 Å². The summed E-state index contributed by atoms with van der Waals surface area (Å²) >= 11 is 0. The molecule has 0 rings (SSSR count). The largest absolute Gasteiger partial charge is 2.00 e. The van der Waals surface area contributed by atoms with E-state index in [4.69, 9.17) is 22.6 Å². The van der Waals surface area contributed by atoms with Crippen LogP contribution in [0.4, 0.5) is 0 Å². The van der Waals surface area contributed by atoms with Gasteiger partial charge in [-0.2, -0.15) is 0 Å². The molecule has 0 bridgehead atoms. The van der Waals surface area contributed by atoms with E-state index in [-0.39, 0.29) is 26.2 Å². The Morgan fingerprint density at radius 1 is 1.25 bits per heavy atom. The van der Waals surface area contributed by atoms with Crippen LogP contribution in [0, 0.1) is 0 Å². The van der Waals surface area contributed by atoms with Crippen molar-refractivity contribution in [1.29, 1.82) is 0 Å². The molecule has 0 radical (unpaired) electrons. The Kier molecular flexibility index (Phi) is 15.3. The standard InChI is InChI=1S/CH4O.H2O4S.Zr/c1-2;1-5(2,3)4;/h2H,1H3;(H2,1,2,3,4);/q;;+2/p-2. The normalized spacial score (nSPS) is 8.00. The van der Waals surface area contributed by atoms with Gasteiger partial charge < -0.3 is 14.2 Å². The quantitative estimate of drug-likeness (QED) is 0.385. The van der Waals surface area contributed by atoms with E-state index >= 15 is 0 Å². The van der Waals surface area contributed by atoms with Crippen molar-refractivity contribution in [3.63, 3.8) is 0 Å². The van der Waals surface area contributed by atoms with Crippen LogP contribution in [0.15, 0.2) is 0 Å². The summed E-state index contributed by atoms with van der Waals surface area (Å²) in [6.45, 7) is 0. The van der Waals surface area contributed by atoms with Crippen LogP contribution in [0.1, 0.15) is 0 Å². The average molecular weight is 219 g/mol. The van der Waals surface area contributed by atoms with E-state index in [2.05, 4.69) is 0 Å². The van der Waals surface area contributed by atoms with Gasteiger partial charge in [0, 0.05) is 17.5 Å². The SMILES string of the molecule is CO.O=S(=O)([O-])[O-].[Zr+2]. The molecule has 0 aliphatic rings. The van der Waals surface area contributed by atoms with Crippen LogP contribution in [0.25, 0.3) is 0 Å². The third kappa shape index (κ3) is 431. The van der Waals surface area contributed by atoms with Crippen molar-refractivity contribution in [3.05, 3.63) is 0 Å². The first-order valence-electron chi connectivity index (χ1n) is 1.11. The fourth-order valence-corrected chi connectivity index (χ4v) is 0. The predicted molar refractivity (Wildman–Crippen MR) is 18.6 cm³/mol. The summed E-state index contributed by atoms with van der Waals surface area (Å²) in [6.07, 6.45) is 0. The predicted octanol–water partition coefficient (Wildman–Crippen LogP) is -1.73. The molecule has 0 fully saturated rings. The fourth-order valence-electron chi connectivity index (χ4n) is 0. The molecule has 0 amide bonds.